The number of nitrogens with one attached hydrogen (secondary N) is 2. The summed E-state index contributed by atoms with van der Waals surface area (Å²) in [5.74, 6) is 0.909. The maximum atomic E-state index is 4.72. The second kappa shape index (κ2) is 8.06. The monoisotopic (exact) mass is 302 g/mol. The van der Waals surface area contributed by atoms with Crippen molar-refractivity contribution in [1.82, 2.24) is 10.6 Å². The van der Waals surface area contributed by atoms with Crippen molar-refractivity contribution in [2.75, 3.05) is 25.0 Å². The van der Waals surface area contributed by atoms with Crippen LogP contribution in [-0.2, 0) is 13.0 Å². The summed E-state index contributed by atoms with van der Waals surface area (Å²) in [5, 5.41) is 6.76. The van der Waals surface area contributed by atoms with Crippen molar-refractivity contribution in [3.63, 3.8) is 0 Å². The molecule has 2 N–H and O–H groups in total. The van der Waals surface area contributed by atoms with Gasteiger partial charge in [0.2, 0.25) is 0 Å². The second-order valence-electron chi connectivity index (χ2n) is 6.14. The third-order valence-electron chi connectivity index (χ3n) is 4.25. The molecule has 122 valence electrons. The lowest BCUT2D eigenvalue weighted by Crippen LogP contribution is -2.41. The fourth-order valence-corrected chi connectivity index (χ4v) is 2.76. The van der Waals surface area contributed by atoms with Crippen LogP contribution in [0.3, 0.4) is 0 Å². The first-order valence-corrected chi connectivity index (χ1v) is 8.51. The summed E-state index contributed by atoms with van der Waals surface area (Å²) in [5.41, 5.74) is 4.13. The quantitative estimate of drug-likeness (QED) is 0.649. The molecule has 1 heterocycles. The smallest absolute Gasteiger partial charge is 0.191 e. The van der Waals surface area contributed by atoms with Crippen molar-refractivity contribution in [2.45, 2.75) is 52.6 Å². The zero-order valence-corrected chi connectivity index (χ0v) is 14.4. The highest BCUT2D eigenvalue weighted by Crippen LogP contribution is 2.26. The van der Waals surface area contributed by atoms with Crippen LogP contribution in [0.5, 0.6) is 0 Å². The van der Waals surface area contributed by atoms with Gasteiger partial charge in [-0.25, -0.2) is 4.99 Å². The van der Waals surface area contributed by atoms with E-state index < -0.39 is 0 Å². The van der Waals surface area contributed by atoms with E-state index in [2.05, 4.69) is 61.6 Å². The highest BCUT2D eigenvalue weighted by atomic mass is 15.2. The Bertz CT molecular complexity index is 510. The molecule has 0 aliphatic carbocycles. The van der Waals surface area contributed by atoms with Crippen LogP contribution < -0.4 is 15.5 Å². The molecule has 22 heavy (non-hydrogen) atoms. The van der Waals surface area contributed by atoms with E-state index in [9.17, 15) is 0 Å². The van der Waals surface area contributed by atoms with E-state index in [4.69, 9.17) is 4.99 Å². The highest BCUT2D eigenvalue weighted by molar-refractivity contribution is 5.80. The Kier molecular flexibility index (Phi) is 6.10. The Labute approximate surface area is 135 Å². The molecule has 0 saturated heterocycles. The lowest BCUT2D eigenvalue weighted by atomic mass is 10.00. The number of hydrogen-bond donors (Lipinski definition) is 2. The Morgan fingerprint density at radius 1 is 1.36 bits per heavy atom. The van der Waals surface area contributed by atoms with Gasteiger partial charge in [0.25, 0.3) is 0 Å². The zero-order chi connectivity index (χ0) is 15.9. The number of anilines is 1. The SMILES string of the molecule is CCNC(=NCc1ccc2c(c1)CCCN2C)NC(C)CC. The molecule has 1 atom stereocenters. The number of benzene rings is 1. The predicted molar refractivity (Wildman–Crippen MR) is 95.7 cm³/mol. The van der Waals surface area contributed by atoms with Gasteiger partial charge >= 0.3 is 0 Å². The molecule has 4 nitrogen and oxygen atoms in total. The van der Waals surface area contributed by atoms with Gasteiger partial charge in [0, 0.05) is 31.9 Å². The molecule has 0 bridgehead atoms. The molecule has 1 aliphatic heterocycles. The minimum Gasteiger partial charge on any atom is -0.374 e. The van der Waals surface area contributed by atoms with Gasteiger partial charge in [-0.05, 0) is 50.3 Å². The molecule has 1 aromatic rings. The van der Waals surface area contributed by atoms with Crippen LogP contribution in [0.25, 0.3) is 0 Å². The van der Waals surface area contributed by atoms with Crippen molar-refractivity contribution < 1.29 is 0 Å². The van der Waals surface area contributed by atoms with Crippen molar-refractivity contribution in [3.8, 4) is 0 Å². The van der Waals surface area contributed by atoms with Crippen LogP contribution in [0, 0.1) is 0 Å². The van der Waals surface area contributed by atoms with Crippen LogP contribution in [0.4, 0.5) is 5.69 Å². The number of nitrogens with zero attached hydrogens (tertiary/aromatic N) is 2. The van der Waals surface area contributed by atoms with E-state index >= 15 is 0 Å². The lowest BCUT2D eigenvalue weighted by Gasteiger charge is -2.27. The number of aryl methyl sites for hydroxylation is 1. The Morgan fingerprint density at radius 3 is 2.91 bits per heavy atom. The third kappa shape index (κ3) is 4.39. The minimum absolute atomic E-state index is 0.440. The van der Waals surface area contributed by atoms with Gasteiger partial charge in [0.05, 0.1) is 6.54 Å². The molecule has 0 radical (unpaired) electrons. The van der Waals surface area contributed by atoms with E-state index in [1.54, 1.807) is 0 Å². The summed E-state index contributed by atoms with van der Waals surface area (Å²) in [6, 6.07) is 7.21. The number of guanidine groups is 1. The summed E-state index contributed by atoms with van der Waals surface area (Å²) in [4.78, 5) is 7.07. The van der Waals surface area contributed by atoms with Gasteiger partial charge in [-0.1, -0.05) is 19.1 Å². The van der Waals surface area contributed by atoms with Crippen LogP contribution >= 0.6 is 0 Å². The first-order valence-electron chi connectivity index (χ1n) is 8.51. The number of fused-ring (bicyclic) bond motifs is 1. The maximum absolute atomic E-state index is 4.72. The molecule has 0 spiro atoms. The van der Waals surface area contributed by atoms with Gasteiger partial charge in [0.15, 0.2) is 5.96 Å². The number of hydrogen-bond acceptors (Lipinski definition) is 2. The molecular formula is C18H30N4. The maximum Gasteiger partial charge on any atom is 0.191 e. The minimum atomic E-state index is 0.440. The van der Waals surface area contributed by atoms with E-state index in [1.165, 1.54) is 29.7 Å². The molecule has 4 heteroatoms. The summed E-state index contributed by atoms with van der Waals surface area (Å²) < 4.78 is 0. The van der Waals surface area contributed by atoms with E-state index in [1.807, 2.05) is 0 Å². The van der Waals surface area contributed by atoms with E-state index in [0.29, 0.717) is 6.04 Å². The van der Waals surface area contributed by atoms with Crippen molar-refractivity contribution in [2.24, 2.45) is 4.99 Å². The summed E-state index contributed by atoms with van der Waals surface area (Å²) in [6.45, 7) is 9.24. The molecule has 1 aliphatic rings. The average Bonchev–Trinajstić information content (AvgIpc) is 2.52. The van der Waals surface area contributed by atoms with Gasteiger partial charge in [-0.15, -0.1) is 0 Å². The average molecular weight is 302 g/mol. The predicted octanol–water partition coefficient (Wildman–Crippen LogP) is 2.92. The standard InChI is InChI=1S/C18H30N4/c1-5-14(3)21-18(19-6-2)20-13-15-9-10-17-16(12-15)8-7-11-22(17)4/h9-10,12,14H,5-8,11,13H2,1-4H3,(H2,19,20,21). The van der Waals surface area contributed by atoms with Gasteiger partial charge in [-0.3, -0.25) is 0 Å². The molecule has 0 amide bonds. The van der Waals surface area contributed by atoms with Crippen LogP contribution in [0.2, 0.25) is 0 Å². The van der Waals surface area contributed by atoms with E-state index in [-0.39, 0.29) is 0 Å². The molecule has 1 unspecified atom stereocenters. The Morgan fingerprint density at radius 2 is 2.18 bits per heavy atom. The molecule has 0 aromatic heterocycles. The summed E-state index contributed by atoms with van der Waals surface area (Å²) >= 11 is 0. The zero-order valence-electron chi connectivity index (χ0n) is 14.4. The van der Waals surface area contributed by atoms with Gasteiger partial charge in [0.1, 0.15) is 0 Å². The summed E-state index contributed by atoms with van der Waals surface area (Å²) in [7, 11) is 2.18. The van der Waals surface area contributed by atoms with E-state index in [0.717, 1.165) is 32.0 Å². The first-order chi connectivity index (χ1) is 10.6. The van der Waals surface area contributed by atoms with Crippen molar-refractivity contribution >= 4 is 11.6 Å². The fourth-order valence-electron chi connectivity index (χ4n) is 2.76. The van der Waals surface area contributed by atoms with Crippen molar-refractivity contribution in [1.29, 1.82) is 0 Å². The number of rotatable bonds is 5. The molecule has 1 aromatic carbocycles. The van der Waals surface area contributed by atoms with Gasteiger partial charge in [-0.2, -0.15) is 0 Å². The van der Waals surface area contributed by atoms with Crippen LogP contribution in [-0.4, -0.2) is 32.1 Å². The third-order valence-corrected chi connectivity index (χ3v) is 4.25. The molecular weight excluding hydrogens is 272 g/mol. The first kappa shape index (κ1) is 16.7. The molecule has 0 saturated carbocycles. The number of aliphatic imine (C=N–C) groups is 1. The second-order valence-corrected chi connectivity index (χ2v) is 6.14. The largest absolute Gasteiger partial charge is 0.374 e. The van der Waals surface area contributed by atoms with Crippen LogP contribution in [0.1, 0.15) is 44.7 Å². The van der Waals surface area contributed by atoms with Crippen LogP contribution in [0.15, 0.2) is 23.2 Å². The molecule has 2 rings (SSSR count). The lowest BCUT2D eigenvalue weighted by molar-refractivity contribution is 0.624. The molecule has 0 fully saturated rings. The topological polar surface area (TPSA) is 39.7 Å². The Hall–Kier alpha value is -1.71. The van der Waals surface area contributed by atoms with Crippen molar-refractivity contribution in [3.05, 3.63) is 29.3 Å². The van der Waals surface area contributed by atoms with Gasteiger partial charge < -0.3 is 15.5 Å². The highest BCUT2D eigenvalue weighted by Gasteiger charge is 2.13. The Balaban J connectivity index is 2.06. The fraction of sp³-hybridized carbons (Fsp3) is 0.611. The normalized spacial score (nSPS) is 16.2. The summed E-state index contributed by atoms with van der Waals surface area (Å²) in [6.07, 6.45) is 3.52.